The zero-order valence-electron chi connectivity index (χ0n) is 14.2. The summed E-state index contributed by atoms with van der Waals surface area (Å²) in [6.45, 7) is 2.06. The summed E-state index contributed by atoms with van der Waals surface area (Å²) in [6.07, 6.45) is 11.6. The highest BCUT2D eigenvalue weighted by Gasteiger charge is 2.40. The number of nitrogens with zero attached hydrogens (tertiary/aromatic N) is 2. The second-order valence-electron chi connectivity index (χ2n) is 7.49. The molecule has 2 saturated carbocycles. The van der Waals surface area contributed by atoms with Crippen molar-refractivity contribution < 1.29 is 4.79 Å². The number of fused-ring (bicyclic) bond motifs is 2. The maximum absolute atomic E-state index is 12.4. The van der Waals surface area contributed by atoms with Gasteiger partial charge in [-0.3, -0.25) is 4.79 Å². The Hall–Kier alpha value is -2.10. The van der Waals surface area contributed by atoms with Crippen molar-refractivity contribution in [1.82, 2.24) is 14.9 Å². The summed E-state index contributed by atoms with van der Waals surface area (Å²) >= 11 is 0. The van der Waals surface area contributed by atoms with Gasteiger partial charge in [-0.15, -0.1) is 0 Å². The van der Waals surface area contributed by atoms with Crippen molar-refractivity contribution in [1.29, 1.82) is 0 Å². The van der Waals surface area contributed by atoms with Crippen molar-refractivity contribution in [2.75, 3.05) is 0 Å². The molecule has 2 fully saturated rings. The molecule has 1 amide bonds. The van der Waals surface area contributed by atoms with Crippen LogP contribution >= 0.6 is 0 Å². The standard InChI is InChI=1S/C20H25N3O/c1-14(16-4-6-19(7-5-16)23-9-8-21-13-23)22-20(24)12-18-11-15-2-3-17(18)10-15/h4-9,13-15,17-18H,2-3,10-12H2,1H3,(H,22,24)/t14-,15-,17-,18+/m0/s1. The summed E-state index contributed by atoms with van der Waals surface area (Å²) in [5.74, 6) is 2.55. The van der Waals surface area contributed by atoms with E-state index in [0.717, 1.165) is 23.1 Å². The van der Waals surface area contributed by atoms with E-state index >= 15 is 0 Å². The molecule has 24 heavy (non-hydrogen) atoms. The number of hydrogen-bond donors (Lipinski definition) is 1. The van der Waals surface area contributed by atoms with Crippen molar-refractivity contribution in [2.45, 2.75) is 45.1 Å². The number of rotatable bonds is 5. The van der Waals surface area contributed by atoms with Crippen LogP contribution in [-0.4, -0.2) is 15.5 Å². The number of carbonyl (C=O) groups excluding carboxylic acids is 1. The van der Waals surface area contributed by atoms with E-state index in [0.29, 0.717) is 12.3 Å². The highest BCUT2D eigenvalue weighted by atomic mass is 16.1. The number of carbonyl (C=O) groups is 1. The number of amides is 1. The first-order valence-corrected chi connectivity index (χ1v) is 9.06. The molecule has 1 aromatic carbocycles. The Balaban J connectivity index is 1.33. The molecule has 2 aliphatic carbocycles. The Morgan fingerprint density at radius 1 is 1.29 bits per heavy atom. The number of benzene rings is 1. The number of hydrogen-bond acceptors (Lipinski definition) is 2. The Labute approximate surface area is 143 Å². The molecule has 4 heteroatoms. The van der Waals surface area contributed by atoms with Gasteiger partial charge in [-0.1, -0.05) is 18.6 Å². The molecule has 0 saturated heterocycles. The summed E-state index contributed by atoms with van der Waals surface area (Å²) in [5, 5.41) is 3.18. The van der Waals surface area contributed by atoms with Gasteiger partial charge >= 0.3 is 0 Å². The van der Waals surface area contributed by atoms with Crippen LogP contribution in [0.3, 0.4) is 0 Å². The van der Waals surface area contributed by atoms with Crippen LogP contribution < -0.4 is 5.32 Å². The first-order valence-electron chi connectivity index (χ1n) is 9.06. The van der Waals surface area contributed by atoms with Crippen LogP contribution in [0.5, 0.6) is 0 Å². The minimum atomic E-state index is 0.0490. The number of nitrogens with one attached hydrogen (secondary N) is 1. The van der Waals surface area contributed by atoms with Gasteiger partial charge < -0.3 is 9.88 Å². The smallest absolute Gasteiger partial charge is 0.220 e. The fourth-order valence-electron chi connectivity index (χ4n) is 4.60. The Kier molecular flexibility index (Phi) is 4.13. The van der Waals surface area contributed by atoms with Crippen LogP contribution in [0, 0.1) is 17.8 Å². The van der Waals surface area contributed by atoms with E-state index in [9.17, 15) is 4.79 Å². The summed E-state index contributed by atoms with van der Waals surface area (Å²) < 4.78 is 1.97. The topological polar surface area (TPSA) is 46.9 Å². The van der Waals surface area contributed by atoms with E-state index in [4.69, 9.17) is 0 Å². The van der Waals surface area contributed by atoms with E-state index in [1.165, 1.54) is 25.7 Å². The molecule has 1 N–H and O–H groups in total. The molecule has 1 aromatic heterocycles. The van der Waals surface area contributed by atoms with Gasteiger partial charge in [0.2, 0.25) is 5.91 Å². The summed E-state index contributed by atoms with van der Waals surface area (Å²) in [6, 6.07) is 8.34. The van der Waals surface area contributed by atoms with E-state index in [1.54, 1.807) is 12.5 Å². The minimum absolute atomic E-state index is 0.0490. The molecule has 4 nitrogen and oxygen atoms in total. The van der Waals surface area contributed by atoms with Gasteiger partial charge in [-0.05, 0) is 61.6 Å². The van der Waals surface area contributed by atoms with Crippen LogP contribution in [0.2, 0.25) is 0 Å². The average Bonchev–Trinajstić information content (AvgIpc) is 3.32. The van der Waals surface area contributed by atoms with Gasteiger partial charge in [0, 0.05) is 24.5 Å². The minimum Gasteiger partial charge on any atom is -0.350 e. The molecule has 4 rings (SSSR count). The van der Waals surface area contributed by atoms with Gasteiger partial charge in [-0.25, -0.2) is 4.98 Å². The maximum Gasteiger partial charge on any atom is 0.220 e. The van der Waals surface area contributed by atoms with Gasteiger partial charge in [-0.2, -0.15) is 0 Å². The molecule has 0 spiro atoms. The van der Waals surface area contributed by atoms with Gasteiger partial charge in [0.15, 0.2) is 0 Å². The lowest BCUT2D eigenvalue weighted by Gasteiger charge is -2.22. The Morgan fingerprint density at radius 2 is 2.12 bits per heavy atom. The van der Waals surface area contributed by atoms with Gasteiger partial charge in [0.05, 0.1) is 12.4 Å². The van der Waals surface area contributed by atoms with E-state index in [2.05, 4.69) is 41.5 Å². The monoisotopic (exact) mass is 323 g/mol. The molecule has 1 heterocycles. The lowest BCUT2D eigenvalue weighted by Crippen LogP contribution is -2.29. The van der Waals surface area contributed by atoms with Crippen LogP contribution in [0.25, 0.3) is 5.69 Å². The van der Waals surface area contributed by atoms with Crippen molar-refractivity contribution in [3.05, 3.63) is 48.5 Å². The lowest BCUT2D eigenvalue weighted by molar-refractivity contribution is -0.123. The zero-order valence-corrected chi connectivity index (χ0v) is 14.2. The third-order valence-electron chi connectivity index (χ3n) is 5.91. The SMILES string of the molecule is C[C@H](NC(=O)C[C@H]1C[C@H]2CC[C@H]1C2)c1ccc(-n2ccnc2)cc1. The quantitative estimate of drug-likeness (QED) is 0.908. The second-order valence-corrected chi connectivity index (χ2v) is 7.49. The molecule has 2 aliphatic rings. The van der Waals surface area contributed by atoms with Gasteiger partial charge in [0.1, 0.15) is 0 Å². The predicted octanol–water partition coefficient (Wildman–Crippen LogP) is 3.88. The summed E-state index contributed by atoms with van der Waals surface area (Å²) in [4.78, 5) is 16.5. The van der Waals surface area contributed by atoms with Crippen molar-refractivity contribution >= 4 is 5.91 Å². The molecular formula is C20H25N3O. The summed E-state index contributed by atoms with van der Waals surface area (Å²) in [5.41, 5.74) is 2.22. The van der Waals surface area contributed by atoms with Crippen LogP contribution in [-0.2, 0) is 4.79 Å². The molecule has 2 bridgehead atoms. The van der Waals surface area contributed by atoms with Gasteiger partial charge in [0.25, 0.3) is 0 Å². The predicted molar refractivity (Wildman–Crippen MR) is 93.7 cm³/mol. The van der Waals surface area contributed by atoms with E-state index in [1.807, 2.05) is 10.8 Å². The molecule has 126 valence electrons. The Morgan fingerprint density at radius 3 is 2.75 bits per heavy atom. The fourth-order valence-corrected chi connectivity index (χ4v) is 4.60. The van der Waals surface area contributed by atoms with E-state index in [-0.39, 0.29) is 11.9 Å². The van der Waals surface area contributed by atoms with Crippen LogP contribution in [0.1, 0.15) is 50.6 Å². The molecule has 0 radical (unpaired) electrons. The van der Waals surface area contributed by atoms with Crippen molar-refractivity contribution in [3.63, 3.8) is 0 Å². The third kappa shape index (κ3) is 3.10. The van der Waals surface area contributed by atoms with E-state index < -0.39 is 0 Å². The highest BCUT2D eigenvalue weighted by Crippen LogP contribution is 2.49. The molecule has 0 unspecified atom stereocenters. The average molecular weight is 323 g/mol. The van der Waals surface area contributed by atoms with Crippen LogP contribution in [0.4, 0.5) is 0 Å². The lowest BCUT2D eigenvalue weighted by atomic mass is 9.86. The maximum atomic E-state index is 12.4. The molecular weight excluding hydrogens is 298 g/mol. The second kappa shape index (κ2) is 6.42. The van der Waals surface area contributed by atoms with Crippen LogP contribution in [0.15, 0.2) is 43.0 Å². The third-order valence-corrected chi connectivity index (χ3v) is 5.91. The van der Waals surface area contributed by atoms with Crippen molar-refractivity contribution in [2.24, 2.45) is 17.8 Å². The number of imidazole rings is 1. The van der Waals surface area contributed by atoms with Crippen molar-refractivity contribution in [3.8, 4) is 5.69 Å². The molecule has 4 atom stereocenters. The normalized spacial score (nSPS) is 26.5. The fraction of sp³-hybridized carbons (Fsp3) is 0.500. The first-order chi connectivity index (χ1) is 11.7. The molecule has 2 aromatic rings. The highest BCUT2D eigenvalue weighted by molar-refractivity contribution is 5.76. The summed E-state index contributed by atoms with van der Waals surface area (Å²) in [7, 11) is 0. The molecule has 0 aliphatic heterocycles. The first kappa shape index (κ1) is 15.4. The number of aromatic nitrogens is 2. The Bertz CT molecular complexity index is 692. The largest absolute Gasteiger partial charge is 0.350 e. The zero-order chi connectivity index (χ0) is 16.5.